The van der Waals surface area contributed by atoms with Gasteiger partial charge >= 0.3 is 0 Å². The van der Waals surface area contributed by atoms with Crippen molar-refractivity contribution < 1.29 is 9.53 Å². The molecule has 4 heteroatoms. The van der Waals surface area contributed by atoms with Gasteiger partial charge in [0.25, 0.3) is 0 Å². The van der Waals surface area contributed by atoms with E-state index in [0.717, 1.165) is 39.3 Å². The average Bonchev–Trinajstić information content (AvgIpc) is 2.83. The molecule has 2 aliphatic heterocycles. The summed E-state index contributed by atoms with van der Waals surface area (Å²) in [6.07, 6.45) is 5.35. The lowest BCUT2D eigenvalue weighted by atomic mass is 10.1. The Morgan fingerprint density at radius 1 is 1.31 bits per heavy atom. The summed E-state index contributed by atoms with van der Waals surface area (Å²) in [5.41, 5.74) is 0. The van der Waals surface area contributed by atoms with E-state index < -0.39 is 0 Å². The molecule has 1 N–H and O–H groups in total. The Labute approximate surface area is 97.3 Å². The number of piperidine rings is 1. The maximum Gasteiger partial charge on any atom is 0.223 e. The lowest BCUT2D eigenvalue weighted by molar-refractivity contribution is -0.132. The second-order valence-electron chi connectivity index (χ2n) is 4.71. The molecule has 16 heavy (non-hydrogen) atoms. The van der Waals surface area contributed by atoms with Crippen molar-refractivity contribution in [1.29, 1.82) is 0 Å². The standard InChI is InChI=1S/C12H22N2O2/c15-12(14-7-2-1-3-8-14)4-6-13-11-5-9-16-10-11/h11,13H,1-10H2. The van der Waals surface area contributed by atoms with Crippen LogP contribution in [0.3, 0.4) is 0 Å². The fraction of sp³-hybridized carbons (Fsp3) is 0.917. The molecule has 0 aromatic carbocycles. The number of likely N-dealkylation sites (tertiary alicyclic amines) is 1. The largest absolute Gasteiger partial charge is 0.380 e. The molecule has 0 aliphatic carbocycles. The van der Waals surface area contributed by atoms with Gasteiger partial charge in [-0.3, -0.25) is 4.79 Å². The van der Waals surface area contributed by atoms with E-state index in [-0.39, 0.29) is 0 Å². The Bertz CT molecular complexity index is 221. The predicted octanol–water partition coefficient (Wildman–Crippen LogP) is 0.767. The van der Waals surface area contributed by atoms with Gasteiger partial charge in [-0.2, -0.15) is 0 Å². The molecule has 2 fully saturated rings. The first kappa shape index (κ1) is 11.9. The minimum Gasteiger partial charge on any atom is -0.380 e. The highest BCUT2D eigenvalue weighted by molar-refractivity contribution is 5.76. The van der Waals surface area contributed by atoms with Crippen LogP contribution in [0.2, 0.25) is 0 Å². The lowest BCUT2D eigenvalue weighted by Gasteiger charge is -2.27. The zero-order chi connectivity index (χ0) is 11.2. The summed E-state index contributed by atoms with van der Waals surface area (Å²) in [6, 6.07) is 0.467. The summed E-state index contributed by atoms with van der Waals surface area (Å²) < 4.78 is 5.27. The molecule has 0 aromatic rings. The van der Waals surface area contributed by atoms with Crippen molar-refractivity contribution in [1.82, 2.24) is 10.2 Å². The first-order valence-corrected chi connectivity index (χ1v) is 6.45. The van der Waals surface area contributed by atoms with E-state index in [0.29, 0.717) is 18.4 Å². The topological polar surface area (TPSA) is 41.6 Å². The number of nitrogens with one attached hydrogen (secondary N) is 1. The van der Waals surface area contributed by atoms with Crippen molar-refractivity contribution in [3.63, 3.8) is 0 Å². The Kier molecular flexibility index (Phi) is 4.60. The number of ether oxygens (including phenoxy) is 1. The van der Waals surface area contributed by atoms with Crippen LogP contribution in [0.1, 0.15) is 32.1 Å². The highest BCUT2D eigenvalue weighted by Crippen LogP contribution is 2.09. The van der Waals surface area contributed by atoms with E-state index in [1.807, 2.05) is 4.90 Å². The molecule has 2 saturated heterocycles. The van der Waals surface area contributed by atoms with Crippen LogP contribution in [0.5, 0.6) is 0 Å². The average molecular weight is 226 g/mol. The Balaban J connectivity index is 1.59. The number of nitrogens with zero attached hydrogens (tertiary/aromatic N) is 1. The van der Waals surface area contributed by atoms with E-state index in [9.17, 15) is 4.79 Å². The van der Waals surface area contributed by atoms with E-state index in [1.165, 1.54) is 19.3 Å². The quantitative estimate of drug-likeness (QED) is 0.770. The van der Waals surface area contributed by atoms with Gasteiger partial charge in [0.1, 0.15) is 0 Å². The van der Waals surface area contributed by atoms with Crippen LogP contribution in [0.25, 0.3) is 0 Å². The Morgan fingerprint density at radius 2 is 2.12 bits per heavy atom. The Morgan fingerprint density at radius 3 is 2.81 bits per heavy atom. The zero-order valence-electron chi connectivity index (χ0n) is 9.91. The maximum absolute atomic E-state index is 11.8. The molecule has 0 radical (unpaired) electrons. The van der Waals surface area contributed by atoms with Crippen molar-refractivity contribution in [2.75, 3.05) is 32.8 Å². The van der Waals surface area contributed by atoms with Crippen molar-refractivity contribution >= 4 is 5.91 Å². The van der Waals surface area contributed by atoms with Gasteiger partial charge in [0.2, 0.25) is 5.91 Å². The van der Waals surface area contributed by atoms with Crippen LogP contribution >= 0.6 is 0 Å². The molecule has 0 bridgehead atoms. The molecule has 2 heterocycles. The SMILES string of the molecule is O=C(CCNC1CCOC1)N1CCCCC1. The normalized spacial score (nSPS) is 26.0. The van der Waals surface area contributed by atoms with Crippen molar-refractivity contribution in [2.24, 2.45) is 0 Å². The molecule has 2 rings (SSSR count). The highest BCUT2D eigenvalue weighted by Gasteiger charge is 2.18. The summed E-state index contributed by atoms with van der Waals surface area (Å²) in [5.74, 6) is 0.311. The zero-order valence-corrected chi connectivity index (χ0v) is 9.91. The van der Waals surface area contributed by atoms with Crippen LogP contribution < -0.4 is 5.32 Å². The summed E-state index contributed by atoms with van der Waals surface area (Å²) in [4.78, 5) is 13.8. The van der Waals surface area contributed by atoms with Gasteiger partial charge in [-0.15, -0.1) is 0 Å². The Hall–Kier alpha value is -0.610. The van der Waals surface area contributed by atoms with Crippen molar-refractivity contribution in [3.8, 4) is 0 Å². The predicted molar refractivity (Wildman–Crippen MR) is 62.3 cm³/mol. The third kappa shape index (κ3) is 3.46. The van der Waals surface area contributed by atoms with Gasteiger partial charge in [0.05, 0.1) is 6.61 Å². The van der Waals surface area contributed by atoms with Gasteiger partial charge in [0, 0.05) is 38.7 Å². The molecule has 0 saturated carbocycles. The molecular formula is C12H22N2O2. The highest BCUT2D eigenvalue weighted by atomic mass is 16.5. The van der Waals surface area contributed by atoms with Gasteiger partial charge in [-0.25, -0.2) is 0 Å². The van der Waals surface area contributed by atoms with Gasteiger partial charge in [-0.1, -0.05) is 0 Å². The third-order valence-corrected chi connectivity index (χ3v) is 3.41. The first-order chi connectivity index (χ1) is 7.86. The minimum absolute atomic E-state index is 0.311. The minimum atomic E-state index is 0.311. The van der Waals surface area contributed by atoms with Crippen LogP contribution in [-0.4, -0.2) is 49.7 Å². The number of hydrogen-bond donors (Lipinski definition) is 1. The monoisotopic (exact) mass is 226 g/mol. The molecule has 1 amide bonds. The molecule has 2 aliphatic rings. The molecular weight excluding hydrogens is 204 g/mol. The summed E-state index contributed by atoms with van der Waals surface area (Å²) in [5, 5.41) is 3.38. The first-order valence-electron chi connectivity index (χ1n) is 6.45. The summed E-state index contributed by atoms with van der Waals surface area (Å²) in [7, 11) is 0. The van der Waals surface area contributed by atoms with Crippen LogP contribution in [0, 0.1) is 0 Å². The van der Waals surface area contributed by atoms with Crippen molar-refractivity contribution in [3.05, 3.63) is 0 Å². The summed E-state index contributed by atoms with van der Waals surface area (Å²) in [6.45, 7) is 4.38. The molecule has 1 atom stereocenters. The van der Waals surface area contributed by atoms with Gasteiger partial charge < -0.3 is 15.0 Å². The van der Waals surface area contributed by atoms with Crippen LogP contribution in [0.15, 0.2) is 0 Å². The van der Waals surface area contributed by atoms with Crippen molar-refractivity contribution in [2.45, 2.75) is 38.1 Å². The molecule has 0 aromatic heterocycles. The number of hydrogen-bond acceptors (Lipinski definition) is 3. The number of carbonyl (C=O) groups excluding carboxylic acids is 1. The maximum atomic E-state index is 11.8. The van der Waals surface area contributed by atoms with Gasteiger partial charge in [-0.05, 0) is 25.7 Å². The third-order valence-electron chi connectivity index (χ3n) is 3.41. The fourth-order valence-electron chi connectivity index (χ4n) is 2.38. The number of rotatable bonds is 4. The fourth-order valence-corrected chi connectivity index (χ4v) is 2.38. The second-order valence-corrected chi connectivity index (χ2v) is 4.71. The lowest BCUT2D eigenvalue weighted by Crippen LogP contribution is -2.38. The molecule has 0 spiro atoms. The van der Waals surface area contributed by atoms with E-state index in [4.69, 9.17) is 4.74 Å². The number of amides is 1. The van der Waals surface area contributed by atoms with Gasteiger partial charge in [0.15, 0.2) is 0 Å². The van der Waals surface area contributed by atoms with E-state index >= 15 is 0 Å². The van der Waals surface area contributed by atoms with E-state index in [2.05, 4.69) is 5.32 Å². The summed E-state index contributed by atoms with van der Waals surface area (Å²) >= 11 is 0. The smallest absolute Gasteiger partial charge is 0.223 e. The molecule has 4 nitrogen and oxygen atoms in total. The molecule has 1 unspecified atom stereocenters. The molecule has 92 valence electrons. The van der Waals surface area contributed by atoms with E-state index in [1.54, 1.807) is 0 Å². The second kappa shape index (κ2) is 6.21. The van der Waals surface area contributed by atoms with Crippen LogP contribution in [0.4, 0.5) is 0 Å². The number of carbonyl (C=O) groups is 1. The van der Waals surface area contributed by atoms with Crippen LogP contribution in [-0.2, 0) is 9.53 Å².